The zero-order valence-electron chi connectivity index (χ0n) is 14.8. The molecule has 0 bridgehead atoms. The van der Waals surface area contributed by atoms with Crippen molar-refractivity contribution in [2.45, 2.75) is 6.92 Å². The van der Waals surface area contributed by atoms with Crippen molar-refractivity contribution in [2.75, 3.05) is 44.7 Å². The summed E-state index contributed by atoms with van der Waals surface area (Å²) in [5, 5.41) is 6.87. The highest BCUT2D eigenvalue weighted by Crippen LogP contribution is 2.24. The minimum atomic E-state index is -0.128. The topological polar surface area (TPSA) is 66.5 Å². The standard InChI is InChI=1S/C19H23ClN4O2/c1-14-2-3-16(20)11-18(14)23-17-10-15(12-21-13-17)19(25)22-4-5-24-6-8-26-9-7-24/h2-3,10-13,23H,4-9H2,1H3,(H,22,25). The zero-order valence-corrected chi connectivity index (χ0v) is 15.6. The van der Waals surface area contributed by atoms with Gasteiger partial charge in [-0.25, -0.2) is 0 Å². The summed E-state index contributed by atoms with van der Waals surface area (Å²) in [7, 11) is 0. The molecule has 0 atom stereocenters. The van der Waals surface area contributed by atoms with Gasteiger partial charge in [0, 0.05) is 43.1 Å². The second-order valence-corrected chi connectivity index (χ2v) is 6.69. The summed E-state index contributed by atoms with van der Waals surface area (Å²) in [5.41, 5.74) is 3.23. The lowest BCUT2D eigenvalue weighted by molar-refractivity contribution is 0.0383. The number of anilines is 2. The quantitative estimate of drug-likeness (QED) is 0.813. The van der Waals surface area contributed by atoms with Crippen molar-refractivity contribution >= 4 is 28.9 Å². The van der Waals surface area contributed by atoms with Crippen molar-refractivity contribution in [1.82, 2.24) is 15.2 Å². The number of rotatable bonds is 6. The van der Waals surface area contributed by atoms with E-state index in [4.69, 9.17) is 16.3 Å². The normalized spacial score (nSPS) is 14.8. The second kappa shape index (κ2) is 8.98. The average molecular weight is 375 g/mol. The molecule has 3 rings (SSSR count). The van der Waals surface area contributed by atoms with E-state index in [2.05, 4.69) is 20.5 Å². The molecule has 1 aliphatic heterocycles. The number of pyridine rings is 1. The summed E-state index contributed by atoms with van der Waals surface area (Å²) in [6, 6.07) is 7.43. The highest BCUT2D eigenvalue weighted by atomic mass is 35.5. The van der Waals surface area contributed by atoms with E-state index < -0.39 is 0 Å². The van der Waals surface area contributed by atoms with Crippen molar-refractivity contribution in [3.8, 4) is 0 Å². The molecule has 1 aromatic heterocycles. The van der Waals surface area contributed by atoms with E-state index in [-0.39, 0.29) is 5.91 Å². The molecule has 138 valence electrons. The van der Waals surface area contributed by atoms with Crippen LogP contribution in [0.1, 0.15) is 15.9 Å². The molecule has 1 saturated heterocycles. The van der Waals surface area contributed by atoms with Crippen molar-refractivity contribution in [1.29, 1.82) is 0 Å². The van der Waals surface area contributed by atoms with Gasteiger partial charge in [-0.1, -0.05) is 17.7 Å². The first-order valence-electron chi connectivity index (χ1n) is 8.68. The number of hydrogen-bond donors (Lipinski definition) is 2. The van der Waals surface area contributed by atoms with Crippen LogP contribution in [0.5, 0.6) is 0 Å². The average Bonchev–Trinajstić information content (AvgIpc) is 2.66. The Balaban J connectivity index is 1.57. The molecular formula is C19H23ClN4O2. The number of amides is 1. The minimum Gasteiger partial charge on any atom is -0.379 e. The highest BCUT2D eigenvalue weighted by Gasteiger charge is 2.11. The predicted octanol–water partition coefficient (Wildman–Crippen LogP) is 2.85. The summed E-state index contributed by atoms with van der Waals surface area (Å²) in [6.45, 7) is 6.76. The van der Waals surface area contributed by atoms with Crippen molar-refractivity contribution in [3.63, 3.8) is 0 Å². The van der Waals surface area contributed by atoms with E-state index in [1.165, 1.54) is 0 Å². The van der Waals surface area contributed by atoms with Crippen molar-refractivity contribution < 1.29 is 9.53 Å². The number of benzene rings is 1. The lowest BCUT2D eigenvalue weighted by Gasteiger charge is -2.26. The molecule has 1 amide bonds. The van der Waals surface area contributed by atoms with Crippen LogP contribution >= 0.6 is 11.6 Å². The third-order valence-corrected chi connectivity index (χ3v) is 4.53. The molecule has 2 heterocycles. The fourth-order valence-corrected chi connectivity index (χ4v) is 2.94. The molecule has 26 heavy (non-hydrogen) atoms. The van der Waals surface area contributed by atoms with Crippen LogP contribution in [-0.4, -0.2) is 55.2 Å². The third-order valence-electron chi connectivity index (χ3n) is 4.30. The van der Waals surface area contributed by atoms with Gasteiger partial charge in [0.25, 0.3) is 5.91 Å². The van der Waals surface area contributed by atoms with Crippen molar-refractivity contribution in [2.24, 2.45) is 0 Å². The van der Waals surface area contributed by atoms with Crippen LogP contribution in [0.15, 0.2) is 36.7 Å². The zero-order chi connectivity index (χ0) is 18.4. The molecular weight excluding hydrogens is 352 g/mol. The third kappa shape index (κ3) is 5.17. The molecule has 0 spiro atoms. The van der Waals surface area contributed by atoms with Gasteiger partial charge in [-0.05, 0) is 30.7 Å². The Labute approximate surface area is 158 Å². The lowest BCUT2D eigenvalue weighted by Crippen LogP contribution is -2.41. The number of halogens is 1. The minimum absolute atomic E-state index is 0.128. The maximum Gasteiger partial charge on any atom is 0.252 e. The summed E-state index contributed by atoms with van der Waals surface area (Å²) < 4.78 is 5.32. The Hall–Kier alpha value is -2.15. The van der Waals surface area contributed by atoms with Crippen LogP contribution in [0.3, 0.4) is 0 Å². The van der Waals surface area contributed by atoms with Gasteiger partial charge in [-0.2, -0.15) is 0 Å². The predicted molar refractivity (Wildman–Crippen MR) is 103 cm³/mol. The van der Waals surface area contributed by atoms with Crippen LogP contribution in [0, 0.1) is 6.92 Å². The number of aryl methyl sites for hydroxylation is 1. The number of carbonyl (C=O) groups excluding carboxylic acids is 1. The Kier molecular flexibility index (Phi) is 6.44. The fraction of sp³-hybridized carbons (Fsp3) is 0.368. The van der Waals surface area contributed by atoms with E-state index in [9.17, 15) is 4.79 Å². The van der Waals surface area contributed by atoms with Gasteiger partial charge < -0.3 is 15.4 Å². The smallest absolute Gasteiger partial charge is 0.252 e. The first-order valence-corrected chi connectivity index (χ1v) is 9.06. The monoisotopic (exact) mass is 374 g/mol. The molecule has 0 saturated carbocycles. The molecule has 0 aliphatic carbocycles. The molecule has 0 unspecified atom stereocenters. The number of nitrogens with zero attached hydrogens (tertiary/aromatic N) is 2. The largest absolute Gasteiger partial charge is 0.379 e. The van der Waals surface area contributed by atoms with E-state index in [1.54, 1.807) is 18.5 Å². The number of morpholine rings is 1. The molecule has 6 nitrogen and oxygen atoms in total. The van der Waals surface area contributed by atoms with Crippen LogP contribution < -0.4 is 10.6 Å². The van der Waals surface area contributed by atoms with Gasteiger partial charge in [-0.15, -0.1) is 0 Å². The Morgan fingerprint density at radius 2 is 2.08 bits per heavy atom. The van der Waals surface area contributed by atoms with E-state index in [0.29, 0.717) is 17.1 Å². The highest BCUT2D eigenvalue weighted by molar-refractivity contribution is 6.30. The van der Waals surface area contributed by atoms with Gasteiger partial charge >= 0.3 is 0 Å². The van der Waals surface area contributed by atoms with Crippen LogP contribution in [0.2, 0.25) is 5.02 Å². The van der Waals surface area contributed by atoms with Gasteiger partial charge in [0.2, 0.25) is 0 Å². The first kappa shape index (κ1) is 18.6. The Morgan fingerprint density at radius 3 is 2.88 bits per heavy atom. The Morgan fingerprint density at radius 1 is 1.27 bits per heavy atom. The molecule has 1 aromatic carbocycles. The number of ether oxygens (including phenoxy) is 1. The van der Waals surface area contributed by atoms with Crippen LogP contribution in [-0.2, 0) is 4.74 Å². The van der Waals surface area contributed by atoms with Crippen LogP contribution in [0.25, 0.3) is 0 Å². The molecule has 1 fully saturated rings. The van der Waals surface area contributed by atoms with Gasteiger partial charge in [0.1, 0.15) is 0 Å². The Bertz CT molecular complexity index is 763. The lowest BCUT2D eigenvalue weighted by atomic mass is 10.2. The molecule has 2 aromatic rings. The van der Waals surface area contributed by atoms with E-state index in [1.807, 2.05) is 25.1 Å². The van der Waals surface area contributed by atoms with E-state index in [0.717, 1.165) is 49.8 Å². The summed E-state index contributed by atoms with van der Waals surface area (Å²) >= 11 is 6.05. The maximum absolute atomic E-state index is 12.4. The molecule has 1 aliphatic rings. The fourth-order valence-electron chi connectivity index (χ4n) is 2.77. The molecule has 0 radical (unpaired) electrons. The summed E-state index contributed by atoms with van der Waals surface area (Å²) in [4.78, 5) is 18.8. The molecule has 2 N–H and O–H groups in total. The van der Waals surface area contributed by atoms with Crippen molar-refractivity contribution in [3.05, 3.63) is 52.8 Å². The van der Waals surface area contributed by atoms with Gasteiger partial charge in [-0.3, -0.25) is 14.7 Å². The van der Waals surface area contributed by atoms with Gasteiger partial charge in [0.15, 0.2) is 0 Å². The number of carbonyl (C=O) groups is 1. The maximum atomic E-state index is 12.4. The van der Waals surface area contributed by atoms with Crippen LogP contribution in [0.4, 0.5) is 11.4 Å². The van der Waals surface area contributed by atoms with Gasteiger partial charge in [0.05, 0.1) is 30.7 Å². The number of nitrogens with one attached hydrogen (secondary N) is 2. The first-order chi connectivity index (χ1) is 12.6. The summed E-state index contributed by atoms with van der Waals surface area (Å²) in [5.74, 6) is -0.128. The second-order valence-electron chi connectivity index (χ2n) is 6.26. The van der Waals surface area contributed by atoms with E-state index >= 15 is 0 Å². The molecule has 7 heteroatoms. The number of hydrogen-bond acceptors (Lipinski definition) is 5. The number of aromatic nitrogens is 1. The SMILES string of the molecule is Cc1ccc(Cl)cc1Nc1cncc(C(=O)NCCN2CCOCC2)c1. The summed E-state index contributed by atoms with van der Waals surface area (Å²) in [6.07, 6.45) is 3.25.